The van der Waals surface area contributed by atoms with Gasteiger partial charge in [-0.05, 0) is 14.0 Å². The van der Waals surface area contributed by atoms with Crippen molar-refractivity contribution < 1.29 is 0 Å². The maximum Gasteiger partial charge on any atom is 0.147 e. The zero-order chi connectivity index (χ0) is 12.3. The lowest BCUT2D eigenvalue weighted by Gasteiger charge is -2.14. The Morgan fingerprint density at radius 2 is 2.00 bits per heavy atom. The van der Waals surface area contributed by atoms with Crippen molar-refractivity contribution >= 4 is 22.9 Å². The van der Waals surface area contributed by atoms with Crippen LogP contribution >= 0.6 is 22.9 Å². The van der Waals surface area contributed by atoms with Crippen molar-refractivity contribution in [2.24, 2.45) is 0 Å². The molecule has 0 fully saturated rings. The summed E-state index contributed by atoms with van der Waals surface area (Å²) in [5, 5.41) is 3.60. The SMILES string of the molecule is Cc1nc(CN(C)Cc2cnc(Cl)cn2)cs1. The van der Waals surface area contributed by atoms with E-state index in [0.29, 0.717) is 5.15 Å². The van der Waals surface area contributed by atoms with Crippen molar-refractivity contribution in [3.8, 4) is 0 Å². The number of nitrogens with zero attached hydrogens (tertiary/aromatic N) is 4. The van der Waals surface area contributed by atoms with E-state index in [1.807, 2.05) is 14.0 Å². The Labute approximate surface area is 109 Å². The standard InChI is InChI=1S/C11H13ClN4S/c1-8-15-10(7-17-8)6-16(2)5-9-3-14-11(12)4-13-9/h3-4,7H,5-6H2,1-2H3. The molecule has 0 spiro atoms. The monoisotopic (exact) mass is 268 g/mol. The van der Waals surface area contributed by atoms with Crippen molar-refractivity contribution in [3.05, 3.63) is 39.3 Å². The molecule has 2 aromatic heterocycles. The van der Waals surface area contributed by atoms with Crippen molar-refractivity contribution in [1.29, 1.82) is 0 Å². The Morgan fingerprint density at radius 3 is 2.59 bits per heavy atom. The van der Waals surface area contributed by atoms with Crippen LogP contribution in [0.15, 0.2) is 17.8 Å². The molecule has 0 aliphatic rings. The Morgan fingerprint density at radius 1 is 1.24 bits per heavy atom. The third kappa shape index (κ3) is 3.73. The maximum absolute atomic E-state index is 5.68. The Hall–Kier alpha value is -1.04. The smallest absolute Gasteiger partial charge is 0.147 e. The second-order valence-corrected chi connectivity index (χ2v) is 5.31. The van der Waals surface area contributed by atoms with Crippen LogP contribution in [0.3, 0.4) is 0 Å². The average molecular weight is 269 g/mol. The summed E-state index contributed by atoms with van der Waals surface area (Å²) >= 11 is 7.36. The fraction of sp³-hybridized carbons (Fsp3) is 0.364. The lowest BCUT2D eigenvalue weighted by atomic mass is 10.4. The molecule has 4 nitrogen and oxygen atoms in total. The molecule has 0 aliphatic carbocycles. The summed E-state index contributed by atoms with van der Waals surface area (Å²) in [7, 11) is 2.03. The first-order valence-electron chi connectivity index (χ1n) is 5.19. The van der Waals surface area contributed by atoms with E-state index in [0.717, 1.165) is 29.5 Å². The van der Waals surface area contributed by atoms with Gasteiger partial charge in [-0.3, -0.25) is 9.88 Å². The van der Waals surface area contributed by atoms with Crippen LogP contribution in [0.2, 0.25) is 5.15 Å². The first-order chi connectivity index (χ1) is 8.13. The van der Waals surface area contributed by atoms with Crippen molar-refractivity contribution in [3.63, 3.8) is 0 Å². The highest BCUT2D eigenvalue weighted by molar-refractivity contribution is 7.09. The van der Waals surface area contributed by atoms with Gasteiger partial charge in [0.2, 0.25) is 0 Å². The minimum absolute atomic E-state index is 0.423. The van der Waals surface area contributed by atoms with E-state index in [1.54, 1.807) is 23.7 Å². The number of hydrogen-bond donors (Lipinski definition) is 0. The molecule has 0 amide bonds. The van der Waals surface area contributed by atoms with Gasteiger partial charge in [0.1, 0.15) is 5.15 Å². The minimum atomic E-state index is 0.423. The number of halogens is 1. The van der Waals surface area contributed by atoms with Crippen LogP contribution in [0.1, 0.15) is 16.4 Å². The van der Waals surface area contributed by atoms with Gasteiger partial charge in [0.25, 0.3) is 0 Å². The van der Waals surface area contributed by atoms with Crippen LogP contribution in [-0.2, 0) is 13.1 Å². The first-order valence-corrected chi connectivity index (χ1v) is 6.45. The molecule has 2 rings (SSSR count). The summed E-state index contributed by atoms with van der Waals surface area (Å²) in [4.78, 5) is 14.8. The number of hydrogen-bond acceptors (Lipinski definition) is 5. The summed E-state index contributed by atoms with van der Waals surface area (Å²) in [5.74, 6) is 0. The lowest BCUT2D eigenvalue weighted by Crippen LogP contribution is -2.18. The molecule has 0 radical (unpaired) electrons. The summed E-state index contributed by atoms with van der Waals surface area (Å²) in [6.07, 6.45) is 3.27. The molecular weight excluding hydrogens is 256 g/mol. The van der Waals surface area contributed by atoms with Gasteiger partial charge in [-0.2, -0.15) is 0 Å². The normalized spacial score (nSPS) is 11.1. The van der Waals surface area contributed by atoms with Crippen molar-refractivity contribution in [2.75, 3.05) is 7.05 Å². The molecule has 17 heavy (non-hydrogen) atoms. The minimum Gasteiger partial charge on any atom is -0.295 e. The quantitative estimate of drug-likeness (QED) is 0.855. The molecule has 0 unspecified atom stereocenters. The first kappa shape index (κ1) is 12.4. The molecule has 6 heteroatoms. The van der Waals surface area contributed by atoms with Gasteiger partial charge in [-0.25, -0.2) is 9.97 Å². The highest BCUT2D eigenvalue weighted by Crippen LogP contribution is 2.11. The molecule has 0 bridgehead atoms. The van der Waals surface area contributed by atoms with E-state index in [1.165, 1.54) is 0 Å². The third-order valence-corrected chi connectivity index (χ3v) is 3.22. The zero-order valence-corrected chi connectivity index (χ0v) is 11.3. The van der Waals surface area contributed by atoms with E-state index in [9.17, 15) is 0 Å². The molecular formula is C11H13ClN4S. The average Bonchev–Trinajstić information content (AvgIpc) is 2.67. The molecule has 0 atom stereocenters. The molecule has 2 aromatic rings. The summed E-state index contributed by atoms with van der Waals surface area (Å²) in [6.45, 7) is 3.56. The number of thiazole rings is 1. The lowest BCUT2D eigenvalue weighted by molar-refractivity contribution is 0.311. The Bertz CT molecular complexity index is 482. The maximum atomic E-state index is 5.68. The fourth-order valence-electron chi connectivity index (χ4n) is 1.51. The van der Waals surface area contributed by atoms with Gasteiger partial charge in [-0.15, -0.1) is 11.3 Å². The topological polar surface area (TPSA) is 41.9 Å². The zero-order valence-electron chi connectivity index (χ0n) is 9.72. The largest absolute Gasteiger partial charge is 0.295 e. The van der Waals surface area contributed by atoms with E-state index in [-0.39, 0.29) is 0 Å². The third-order valence-electron chi connectivity index (χ3n) is 2.20. The van der Waals surface area contributed by atoms with E-state index < -0.39 is 0 Å². The number of rotatable bonds is 4. The van der Waals surface area contributed by atoms with Crippen molar-refractivity contribution in [1.82, 2.24) is 19.9 Å². The second kappa shape index (κ2) is 5.53. The van der Waals surface area contributed by atoms with Crippen LogP contribution in [0.25, 0.3) is 0 Å². The molecule has 0 aliphatic heterocycles. The van der Waals surface area contributed by atoms with Gasteiger partial charge in [-0.1, -0.05) is 11.6 Å². The van der Waals surface area contributed by atoms with Crippen LogP contribution < -0.4 is 0 Å². The predicted molar refractivity (Wildman–Crippen MR) is 69.1 cm³/mol. The van der Waals surface area contributed by atoms with Crippen LogP contribution in [-0.4, -0.2) is 26.9 Å². The van der Waals surface area contributed by atoms with Crippen LogP contribution in [0.5, 0.6) is 0 Å². The summed E-state index contributed by atoms with van der Waals surface area (Å²) in [6, 6.07) is 0. The summed E-state index contributed by atoms with van der Waals surface area (Å²) < 4.78 is 0. The van der Waals surface area contributed by atoms with Gasteiger partial charge in [0.15, 0.2) is 0 Å². The van der Waals surface area contributed by atoms with Gasteiger partial charge in [0, 0.05) is 18.5 Å². The molecule has 0 aromatic carbocycles. The molecule has 0 saturated carbocycles. The van der Waals surface area contributed by atoms with Crippen molar-refractivity contribution in [2.45, 2.75) is 20.0 Å². The molecule has 0 N–H and O–H groups in total. The van der Waals surface area contributed by atoms with Gasteiger partial charge >= 0.3 is 0 Å². The van der Waals surface area contributed by atoms with Crippen LogP contribution in [0, 0.1) is 6.92 Å². The Kier molecular flexibility index (Phi) is 4.04. The molecule has 0 saturated heterocycles. The number of aryl methyl sites for hydroxylation is 1. The second-order valence-electron chi connectivity index (χ2n) is 3.86. The summed E-state index contributed by atoms with van der Waals surface area (Å²) in [5.41, 5.74) is 2.00. The van der Waals surface area contributed by atoms with E-state index >= 15 is 0 Å². The fourth-order valence-corrected chi connectivity index (χ4v) is 2.21. The van der Waals surface area contributed by atoms with E-state index in [4.69, 9.17) is 11.6 Å². The van der Waals surface area contributed by atoms with E-state index in [2.05, 4.69) is 25.2 Å². The highest BCUT2D eigenvalue weighted by Gasteiger charge is 2.05. The molecule has 2 heterocycles. The van der Waals surface area contributed by atoms with Gasteiger partial charge in [0.05, 0.1) is 28.8 Å². The van der Waals surface area contributed by atoms with Crippen LogP contribution in [0.4, 0.5) is 0 Å². The molecule has 90 valence electrons. The highest BCUT2D eigenvalue weighted by atomic mass is 35.5. The predicted octanol–water partition coefficient (Wildman–Crippen LogP) is 2.53. The Balaban J connectivity index is 1.93. The number of aromatic nitrogens is 3. The van der Waals surface area contributed by atoms with Gasteiger partial charge < -0.3 is 0 Å².